The zero-order valence-corrected chi connectivity index (χ0v) is 16.1. The van der Waals surface area contributed by atoms with Crippen LogP contribution in [0.25, 0.3) is 10.4 Å². The lowest BCUT2D eigenvalue weighted by Crippen LogP contribution is -2.14. The number of thiophene rings is 1. The monoisotopic (exact) mass is 371 g/mol. The van der Waals surface area contributed by atoms with Crippen molar-refractivity contribution in [2.45, 2.75) is 31.1 Å². The molecule has 0 aliphatic carbocycles. The standard InChI is InChI=1S/C20H21NO2S2/c1-20(2,3)16-9-11-18(12-10-16)25(22,23)21-17-13-19(24-14-17)15-7-5-4-6-8-15/h4-14,21H,1-3H3. The molecule has 0 aliphatic heterocycles. The second-order valence-corrected chi connectivity index (χ2v) is 9.54. The van der Waals surface area contributed by atoms with Gasteiger partial charge in [-0.2, -0.15) is 0 Å². The molecule has 0 bridgehead atoms. The van der Waals surface area contributed by atoms with E-state index in [0.29, 0.717) is 5.69 Å². The summed E-state index contributed by atoms with van der Waals surface area (Å²) in [5.41, 5.74) is 2.76. The van der Waals surface area contributed by atoms with Crippen molar-refractivity contribution in [1.29, 1.82) is 0 Å². The van der Waals surface area contributed by atoms with Gasteiger partial charge in [-0.05, 0) is 34.7 Å². The number of benzene rings is 2. The molecule has 0 atom stereocenters. The molecule has 1 aromatic heterocycles. The first-order valence-corrected chi connectivity index (χ1v) is 10.4. The van der Waals surface area contributed by atoms with Gasteiger partial charge in [-0.25, -0.2) is 8.42 Å². The van der Waals surface area contributed by atoms with Gasteiger partial charge in [0, 0.05) is 10.3 Å². The molecule has 1 N–H and O–H groups in total. The molecule has 130 valence electrons. The number of rotatable bonds is 4. The lowest BCUT2D eigenvalue weighted by Gasteiger charge is -2.19. The summed E-state index contributed by atoms with van der Waals surface area (Å²) >= 11 is 1.52. The first-order valence-electron chi connectivity index (χ1n) is 8.03. The summed E-state index contributed by atoms with van der Waals surface area (Å²) in [5.74, 6) is 0. The second-order valence-electron chi connectivity index (χ2n) is 6.95. The third kappa shape index (κ3) is 4.11. The maximum atomic E-state index is 12.6. The van der Waals surface area contributed by atoms with Gasteiger partial charge in [0.25, 0.3) is 10.0 Å². The van der Waals surface area contributed by atoms with E-state index in [1.807, 2.05) is 53.9 Å². The van der Waals surface area contributed by atoms with Crippen molar-refractivity contribution in [2.75, 3.05) is 4.72 Å². The molecule has 1 heterocycles. The van der Waals surface area contributed by atoms with Gasteiger partial charge in [-0.15, -0.1) is 11.3 Å². The van der Waals surface area contributed by atoms with Crippen LogP contribution in [0.15, 0.2) is 70.9 Å². The molecule has 0 saturated carbocycles. The summed E-state index contributed by atoms with van der Waals surface area (Å²) in [6.45, 7) is 6.31. The summed E-state index contributed by atoms with van der Waals surface area (Å²) in [6, 6.07) is 18.8. The van der Waals surface area contributed by atoms with Crippen LogP contribution in [0.3, 0.4) is 0 Å². The van der Waals surface area contributed by atoms with E-state index in [-0.39, 0.29) is 10.3 Å². The summed E-state index contributed by atoms with van der Waals surface area (Å²) in [7, 11) is -3.59. The maximum Gasteiger partial charge on any atom is 0.261 e. The van der Waals surface area contributed by atoms with Crippen LogP contribution < -0.4 is 4.72 Å². The van der Waals surface area contributed by atoms with Crippen LogP contribution in [0.4, 0.5) is 5.69 Å². The molecule has 5 heteroatoms. The molecule has 0 unspecified atom stereocenters. The lowest BCUT2D eigenvalue weighted by atomic mass is 9.87. The largest absolute Gasteiger partial charge is 0.279 e. The molecule has 3 nitrogen and oxygen atoms in total. The number of anilines is 1. The van der Waals surface area contributed by atoms with Crippen LogP contribution in [-0.4, -0.2) is 8.42 Å². The van der Waals surface area contributed by atoms with Crippen LogP contribution in [0.5, 0.6) is 0 Å². The first kappa shape index (κ1) is 17.7. The van der Waals surface area contributed by atoms with Crippen molar-refractivity contribution in [3.63, 3.8) is 0 Å². The topological polar surface area (TPSA) is 46.2 Å². The highest BCUT2D eigenvalue weighted by molar-refractivity contribution is 7.92. The molecule has 0 fully saturated rings. The maximum absolute atomic E-state index is 12.6. The van der Waals surface area contributed by atoms with Crippen molar-refractivity contribution in [3.8, 4) is 10.4 Å². The predicted molar refractivity (Wildman–Crippen MR) is 106 cm³/mol. The second kappa shape index (κ2) is 6.65. The summed E-state index contributed by atoms with van der Waals surface area (Å²) in [4.78, 5) is 1.30. The van der Waals surface area contributed by atoms with Gasteiger partial charge in [0.1, 0.15) is 0 Å². The number of nitrogens with one attached hydrogen (secondary N) is 1. The molecule has 0 amide bonds. The highest BCUT2D eigenvalue weighted by atomic mass is 32.2. The van der Waals surface area contributed by atoms with Crippen molar-refractivity contribution in [2.24, 2.45) is 0 Å². The van der Waals surface area contributed by atoms with Gasteiger partial charge in [0.2, 0.25) is 0 Å². The zero-order valence-electron chi connectivity index (χ0n) is 14.5. The van der Waals surface area contributed by atoms with E-state index in [4.69, 9.17) is 0 Å². The quantitative estimate of drug-likeness (QED) is 0.657. The Balaban J connectivity index is 1.81. The van der Waals surface area contributed by atoms with Crippen LogP contribution in [0, 0.1) is 0 Å². The molecule has 0 saturated heterocycles. The fourth-order valence-corrected chi connectivity index (χ4v) is 4.45. The molecular weight excluding hydrogens is 350 g/mol. The van der Waals surface area contributed by atoms with Crippen molar-refractivity contribution < 1.29 is 8.42 Å². The number of hydrogen-bond donors (Lipinski definition) is 1. The highest BCUT2D eigenvalue weighted by Crippen LogP contribution is 2.31. The normalized spacial score (nSPS) is 12.1. The fraction of sp³-hybridized carbons (Fsp3) is 0.200. The fourth-order valence-electron chi connectivity index (χ4n) is 2.49. The van der Waals surface area contributed by atoms with E-state index in [0.717, 1.165) is 16.0 Å². The highest BCUT2D eigenvalue weighted by Gasteiger charge is 2.18. The average molecular weight is 372 g/mol. The molecule has 0 spiro atoms. The Bertz CT molecular complexity index is 951. The Labute approximate surface area is 153 Å². The molecular formula is C20H21NO2S2. The van der Waals surface area contributed by atoms with E-state index in [9.17, 15) is 8.42 Å². The van der Waals surface area contributed by atoms with Crippen LogP contribution in [-0.2, 0) is 15.4 Å². The Morgan fingerprint density at radius 2 is 1.56 bits per heavy atom. The van der Waals surface area contributed by atoms with E-state index < -0.39 is 10.0 Å². The average Bonchev–Trinajstić information content (AvgIpc) is 3.03. The minimum atomic E-state index is -3.59. The Morgan fingerprint density at radius 3 is 2.16 bits per heavy atom. The zero-order chi connectivity index (χ0) is 18.1. The molecule has 25 heavy (non-hydrogen) atoms. The molecule has 3 rings (SSSR count). The van der Waals surface area contributed by atoms with Crippen molar-refractivity contribution in [1.82, 2.24) is 0 Å². The molecule has 0 aliphatic rings. The van der Waals surface area contributed by atoms with E-state index in [2.05, 4.69) is 25.5 Å². The number of sulfonamides is 1. The number of hydrogen-bond acceptors (Lipinski definition) is 3. The van der Waals surface area contributed by atoms with Crippen molar-refractivity contribution >= 4 is 27.0 Å². The van der Waals surface area contributed by atoms with Crippen molar-refractivity contribution in [3.05, 3.63) is 71.6 Å². The summed E-state index contributed by atoms with van der Waals surface area (Å²) < 4.78 is 27.9. The third-order valence-corrected chi connectivity index (χ3v) is 6.32. The summed E-state index contributed by atoms with van der Waals surface area (Å²) in [6.07, 6.45) is 0. The summed E-state index contributed by atoms with van der Waals surface area (Å²) in [5, 5.41) is 1.82. The first-order chi connectivity index (χ1) is 11.8. The Hall–Kier alpha value is -2.11. The SMILES string of the molecule is CC(C)(C)c1ccc(S(=O)(=O)Nc2csc(-c3ccccc3)c2)cc1. The molecule has 2 aromatic carbocycles. The smallest absolute Gasteiger partial charge is 0.261 e. The van der Waals surface area contributed by atoms with Gasteiger partial charge in [0.15, 0.2) is 0 Å². The minimum Gasteiger partial charge on any atom is -0.279 e. The lowest BCUT2D eigenvalue weighted by molar-refractivity contribution is 0.587. The van der Waals surface area contributed by atoms with Gasteiger partial charge >= 0.3 is 0 Å². The van der Waals surface area contributed by atoms with E-state index in [1.165, 1.54) is 11.3 Å². The minimum absolute atomic E-state index is 0.00629. The van der Waals surface area contributed by atoms with Gasteiger partial charge in [-0.3, -0.25) is 4.72 Å². The predicted octanol–water partition coefficient (Wildman–Crippen LogP) is 5.51. The molecule has 0 radical (unpaired) electrons. The van der Waals surface area contributed by atoms with Gasteiger partial charge in [-0.1, -0.05) is 63.2 Å². The van der Waals surface area contributed by atoms with Crippen LogP contribution >= 0.6 is 11.3 Å². The van der Waals surface area contributed by atoms with Gasteiger partial charge in [0.05, 0.1) is 10.6 Å². The Morgan fingerprint density at radius 1 is 0.920 bits per heavy atom. The van der Waals surface area contributed by atoms with Crippen LogP contribution in [0.2, 0.25) is 0 Å². The third-order valence-electron chi connectivity index (χ3n) is 3.94. The van der Waals surface area contributed by atoms with Crippen LogP contribution in [0.1, 0.15) is 26.3 Å². The van der Waals surface area contributed by atoms with Gasteiger partial charge < -0.3 is 0 Å². The van der Waals surface area contributed by atoms with E-state index >= 15 is 0 Å². The molecule has 3 aromatic rings. The Kier molecular flexibility index (Phi) is 4.71. The van der Waals surface area contributed by atoms with E-state index in [1.54, 1.807) is 12.1 Å².